The van der Waals surface area contributed by atoms with Gasteiger partial charge in [0, 0.05) is 0 Å². The van der Waals surface area contributed by atoms with Gasteiger partial charge in [-0.15, -0.1) is 0 Å². The van der Waals surface area contributed by atoms with Gasteiger partial charge in [-0.1, -0.05) is 12.1 Å². The number of hydrogen-bond acceptors (Lipinski definition) is 3. The lowest BCUT2D eigenvalue weighted by molar-refractivity contribution is -0.139. The molecule has 1 rings (SSSR count). The van der Waals surface area contributed by atoms with Gasteiger partial charge in [0.05, 0.1) is 0 Å². The largest absolute Gasteiger partial charge is 0.480 e. The van der Waals surface area contributed by atoms with Crippen molar-refractivity contribution < 1.29 is 28.2 Å². The molecular weight excluding hydrogens is 296 g/mol. The van der Waals surface area contributed by atoms with Crippen LogP contribution in [0.4, 0.5) is 13.6 Å². The highest BCUT2D eigenvalue weighted by atomic mass is 19.2. The molecule has 1 atom stereocenters. The molecule has 0 unspecified atom stereocenters. The van der Waals surface area contributed by atoms with Crippen molar-refractivity contribution in [3.05, 3.63) is 35.4 Å². The van der Waals surface area contributed by atoms with Crippen molar-refractivity contribution in [1.82, 2.24) is 5.32 Å². The Balaban J connectivity index is 2.67. The molecule has 122 valence electrons. The number of carboxylic acids is 1. The van der Waals surface area contributed by atoms with Crippen molar-refractivity contribution in [2.75, 3.05) is 0 Å². The van der Waals surface area contributed by atoms with E-state index in [2.05, 4.69) is 5.32 Å². The van der Waals surface area contributed by atoms with Crippen molar-refractivity contribution in [1.29, 1.82) is 0 Å². The number of aliphatic carboxylic acids is 1. The van der Waals surface area contributed by atoms with Gasteiger partial charge in [-0.3, -0.25) is 0 Å². The molecule has 0 heterocycles. The van der Waals surface area contributed by atoms with Crippen molar-refractivity contribution in [3.63, 3.8) is 0 Å². The molecule has 0 bridgehead atoms. The van der Waals surface area contributed by atoms with Crippen LogP contribution in [0.5, 0.6) is 0 Å². The predicted molar refractivity (Wildman–Crippen MR) is 75.5 cm³/mol. The molecule has 0 aliphatic heterocycles. The Morgan fingerprint density at radius 1 is 1.32 bits per heavy atom. The van der Waals surface area contributed by atoms with Gasteiger partial charge in [0.25, 0.3) is 0 Å². The van der Waals surface area contributed by atoms with Crippen molar-refractivity contribution in [3.8, 4) is 0 Å². The van der Waals surface area contributed by atoms with E-state index in [-0.39, 0.29) is 18.4 Å². The van der Waals surface area contributed by atoms with E-state index in [0.717, 1.165) is 6.07 Å². The maximum atomic E-state index is 13.5. The average molecular weight is 315 g/mol. The zero-order valence-electron chi connectivity index (χ0n) is 12.7. The van der Waals surface area contributed by atoms with Crippen LogP contribution in [0.15, 0.2) is 18.2 Å². The van der Waals surface area contributed by atoms with Gasteiger partial charge < -0.3 is 15.2 Å². The lowest BCUT2D eigenvalue weighted by Crippen LogP contribution is -2.43. The number of ether oxygens (including phenoxy) is 1. The van der Waals surface area contributed by atoms with Crippen LogP contribution in [-0.4, -0.2) is 28.8 Å². The third-order valence-corrected chi connectivity index (χ3v) is 2.72. The monoisotopic (exact) mass is 315 g/mol. The van der Waals surface area contributed by atoms with Crippen molar-refractivity contribution >= 4 is 12.1 Å². The number of carbonyl (C=O) groups is 2. The summed E-state index contributed by atoms with van der Waals surface area (Å²) in [6, 6.07) is 2.43. The fraction of sp³-hybridized carbons (Fsp3) is 0.467. The predicted octanol–water partition coefficient (Wildman–Crippen LogP) is 2.88. The second-order valence-electron chi connectivity index (χ2n) is 5.79. The van der Waals surface area contributed by atoms with Crippen LogP contribution in [0.25, 0.3) is 0 Å². The van der Waals surface area contributed by atoms with E-state index < -0.39 is 35.3 Å². The van der Waals surface area contributed by atoms with Crippen LogP contribution < -0.4 is 5.32 Å². The fourth-order valence-electron chi connectivity index (χ4n) is 1.75. The number of nitrogens with one attached hydrogen (secondary N) is 1. The van der Waals surface area contributed by atoms with E-state index in [4.69, 9.17) is 9.84 Å². The van der Waals surface area contributed by atoms with Crippen LogP contribution >= 0.6 is 0 Å². The molecule has 7 heteroatoms. The lowest BCUT2D eigenvalue weighted by atomic mass is 10.0. The highest BCUT2D eigenvalue weighted by Crippen LogP contribution is 2.14. The molecule has 0 aliphatic rings. The highest BCUT2D eigenvalue weighted by Gasteiger charge is 2.24. The molecule has 1 aromatic rings. The van der Waals surface area contributed by atoms with Crippen LogP contribution in [0.3, 0.4) is 0 Å². The number of carbonyl (C=O) groups excluding carboxylic acids is 1. The summed E-state index contributed by atoms with van der Waals surface area (Å²) in [6.45, 7) is 4.93. The fourth-order valence-corrected chi connectivity index (χ4v) is 1.75. The summed E-state index contributed by atoms with van der Waals surface area (Å²) in [4.78, 5) is 22.7. The van der Waals surface area contributed by atoms with Gasteiger partial charge in [0.2, 0.25) is 0 Å². The third kappa shape index (κ3) is 5.67. The Hall–Kier alpha value is -2.18. The number of aryl methyl sites for hydroxylation is 1. The first-order valence-electron chi connectivity index (χ1n) is 6.75. The summed E-state index contributed by atoms with van der Waals surface area (Å²) in [5.74, 6) is -3.28. The average Bonchev–Trinajstić information content (AvgIpc) is 2.36. The second-order valence-corrected chi connectivity index (χ2v) is 5.79. The topological polar surface area (TPSA) is 75.6 Å². The lowest BCUT2D eigenvalue weighted by Gasteiger charge is -2.22. The molecule has 22 heavy (non-hydrogen) atoms. The maximum absolute atomic E-state index is 13.5. The zero-order chi connectivity index (χ0) is 16.9. The van der Waals surface area contributed by atoms with E-state index in [1.54, 1.807) is 20.8 Å². The van der Waals surface area contributed by atoms with Crippen LogP contribution in [0, 0.1) is 11.6 Å². The molecule has 0 radical (unpaired) electrons. The quantitative estimate of drug-likeness (QED) is 0.876. The minimum absolute atomic E-state index is 0.0314. The van der Waals surface area contributed by atoms with E-state index >= 15 is 0 Å². The highest BCUT2D eigenvalue weighted by molar-refractivity contribution is 5.80. The molecule has 2 N–H and O–H groups in total. The Labute approximate surface area is 127 Å². The molecule has 1 amide bonds. The van der Waals surface area contributed by atoms with Crippen LogP contribution in [-0.2, 0) is 16.0 Å². The Morgan fingerprint density at radius 2 is 1.95 bits per heavy atom. The number of halogens is 2. The number of rotatable bonds is 5. The second kappa shape index (κ2) is 7.20. The number of hydrogen-bond donors (Lipinski definition) is 2. The van der Waals surface area contributed by atoms with E-state index in [0.29, 0.717) is 0 Å². The number of carboxylic acid groups (broad SMARTS) is 1. The normalized spacial score (nSPS) is 12.6. The van der Waals surface area contributed by atoms with Gasteiger partial charge in [-0.05, 0) is 45.2 Å². The van der Waals surface area contributed by atoms with Crippen molar-refractivity contribution in [2.45, 2.75) is 45.3 Å². The molecule has 0 saturated carbocycles. The zero-order valence-corrected chi connectivity index (χ0v) is 12.7. The van der Waals surface area contributed by atoms with Crippen molar-refractivity contribution in [2.24, 2.45) is 0 Å². The summed E-state index contributed by atoms with van der Waals surface area (Å²) in [5, 5.41) is 11.3. The molecule has 1 aromatic carbocycles. The first-order chi connectivity index (χ1) is 10.1. The smallest absolute Gasteiger partial charge is 0.408 e. The van der Waals surface area contributed by atoms with Gasteiger partial charge in [0.1, 0.15) is 11.6 Å². The first-order valence-corrected chi connectivity index (χ1v) is 6.75. The molecular formula is C15H19F2NO4. The Bertz CT molecular complexity index is 555. The first kappa shape index (κ1) is 17.9. The number of amides is 1. The standard InChI is InChI=1S/C15H19F2NO4/c1-15(2,3)22-14(21)18-11(13(19)20)8-7-9-5-4-6-10(16)12(9)17/h4-6,11H,7-8H2,1-3H3,(H,18,21)(H,19,20)/t11-/m0/s1. The summed E-state index contributed by atoms with van der Waals surface area (Å²) in [7, 11) is 0. The number of benzene rings is 1. The minimum atomic E-state index is -1.28. The summed E-state index contributed by atoms with van der Waals surface area (Å²) < 4.78 is 31.5. The van der Waals surface area contributed by atoms with E-state index in [9.17, 15) is 18.4 Å². The Kier molecular flexibility index (Phi) is 5.84. The molecule has 0 spiro atoms. The van der Waals surface area contributed by atoms with E-state index in [1.165, 1.54) is 12.1 Å². The van der Waals surface area contributed by atoms with Gasteiger partial charge in [-0.25, -0.2) is 18.4 Å². The van der Waals surface area contributed by atoms with Crippen LogP contribution in [0.2, 0.25) is 0 Å². The van der Waals surface area contributed by atoms with Gasteiger partial charge in [0.15, 0.2) is 11.6 Å². The molecule has 0 saturated heterocycles. The molecule has 0 fully saturated rings. The third-order valence-electron chi connectivity index (χ3n) is 2.72. The Morgan fingerprint density at radius 3 is 2.50 bits per heavy atom. The van der Waals surface area contributed by atoms with E-state index in [1.807, 2.05) is 0 Å². The van der Waals surface area contributed by atoms with Crippen LogP contribution in [0.1, 0.15) is 32.8 Å². The van der Waals surface area contributed by atoms with Gasteiger partial charge in [-0.2, -0.15) is 0 Å². The number of alkyl carbamates (subject to hydrolysis) is 1. The summed E-state index contributed by atoms with van der Waals surface area (Å²) in [6.07, 6.45) is -0.995. The summed E-state index contributed by atoms with van der Waals surface area (Å²) >= 11 is 0. The molecule has 5 nitrogen and oxygen atoms in total. The summed E-state index contributed by atoms with van der Waals surface area (Å²) in [5.41, 5.74) is -0.709. The maximum Gasteiger partial charge on any atom is 0.408 e. The molecule has 0 aliphatic carbocycles. The van der Waals surface area contributed by atoms with Gasteiger partial charge >= 0.3 is 12.1 Å². The minimum Gasteiger partial charge on any atom is -0.480 e. The SMILES string of the molecule is CC(C)(C)OC(=O)N[C@@H](CCc1cccc(F)c1F)C(=O)O. The molecule has 0 aromatic heterocycles.